The van der Waals surface area contributed by atoms with Crippen LogP contribution in [0.5, 0.6) is 0 Å². The molecule has 5 nitrogen and oxygen atoms in total. The van der Waals surface area contributed by atoms with E-state index in [-0.39, 0.29) is 17.9 Å². The van der Waals surface area contributed by atoms with Crippen LogP contribution < -0.4 is 0 Å². The van der Waals surface area contributed by atoms with Crippen LogP contribution in [-0.2, 0) is 14.3 Å². The SMILES string of the molecule is C=C1CCC[C@H](C)[C@@H](O)[C@@H]2OC(=O)C(=C)[C@@H]2C[C@@H](O)[C@]2(C)CC[C@H]1O2. The van der Waals surface area contributed by atoms with Gasteiger partial charge in [-0.1, -0.05) is 20.1 Å². The van der Waals surface area contributed by atoms with E-state index in [0.717, 1.165) is 37.7 Å². The zero-order valence-electron chi connectivity index (χ0n) is 15.2. The Morgan fingerprint density at radius 1 is 1.24 bits per heavy atom. The summed E-state index contributed by atoms with van der Waals surface area (Å²) in [7, 11) is 0. The van der Waals surface area contributed by atoms with Gasteiger partial charge in [0.1, 0.15) is 6.10 Å². The summed E-state index contributed by atoms with van der Waals surface area (Å²) in [5, 5.41) is 21.6. The fourth-order valence-electron chi connectivity index (χ4n) is 4.40. The lowest BCUT2D eigenvalue weighted by Gasteiger charge is -2.34. The molecule has 2 N–H and O–H groups in total. The monoisotopic (exact) mass is 350 g/mol. The molecule has 140 valence electrons. The van der Waals surface area contributed by atoms with E-state index in [9.17, 15) is 15.0 Å². The van der Waals surface area contributed by atoms with Crippen LogP contribution in [0, 0.1) is 11.8 Å². The summed E-state index contributed by atoms with van der Waals surface area (Å²) in [6, 6.07) is 0. The van der Waals surface area contributed by atoms with Crippen molar-refractivity contribution in [3.8, 4) is 0 Å². The van der Waals surface area contributed by atoms with Gasteiger partial charge in [-0.15, -0.1) is 0 Å². The third kappa shape index (κ3) is 3.42. The van der Waals surface area contributed by atoms with E-state index < -0.39 is 29.9 Å². The molecule has 0 aromatic carbocycles. The summed E-state index contributed by atoms with van der Waals surface area (Å²) in [6.45, 7) is 11.9. The van der Waals surface area contributed by atoms with E-state index in [1.54, 1.807) is 0 Å². The Labute approximate surface area is 149 Å². The predicted octanol–water partition coefficient (Wildman–Crippen LogP) is 2.51. The van der Waals surface area contributed by atoms with Gasteiger partial charge in [-0.2, -0.15) is 0 Å². The largest absolute Gasteiger partial charge is 0.456 e. The first-order chi connectivity index (χ1) is 11.7. The van der Waals surface area contributed by atoms with Gasteiger partial charge < -0.3 is 19.7 Å². The number of esters is 1. The molecule has 0 spiro atoms. The molecule has 3 heterocycles. The molecule has 7 atom stereocenters. The zero-order chi connectivity index (χ0) is 18.4. The van der Waals surface area contributed by atoms with Gasteiger partial charge in [-0.25, -0.2) is 4.79 Å². The lowest BCUT2D eigenvalue weighted by molar-refractivity contribution is -0.147. The molecule has 0 aliphatic carbocycles. The maximum atomic E-state index is 12.0. The molecule has 0 aromatic heterocycles. The zero-order valence-corrected chi connectivity index (χ0v) is 15.2. The minimum absolute atomic E-state index is 0.00871. The summed E-state index contributed by atoms with van der Waals surface area (Å²) < 4.78 is 11.6. The molecular weight excluding hydrogens is 320 g/mol. The van der Waals surface area contributed by atoms with Crippen molar-refractivity contribution in [1.82, 2.24) is 0 Å². The second-order valence-corrected chi connectivity index (χ2v) is 8.23. The molecule has 3 fully saturated rings. The Balaban J connectivity index is 1.88. The van der Waals surface area contributed by atoms with Crippen molar-refractivity contribution in [3.63, 3.8) is 0 Å². The van der Waals surface area contributed by atoms with Gasteiger partial charge in [0, 0.05) is 11.5 Å². The van der Waals surface area contributed by atoms with Gasteiger partial charge in [0.2, 0.25) is 0 Å². The summed E-state index contributed by atoms with van der Waals surface area (Å²) >= 11 is 0. The molecule has 3 aliphatic rings. The van der Waals surface area contributed by atoms with Gasteiger partial charge in [0.05, 0.1) is 23.9 Å². The molecule has 0 saturated carbocycles. The van der Waals surface area contributed by atoms with Crippen LogP contribution in [0.3, 0.4) is 0 Å². The maximum Gasteiger partial charge on any atom is 0.334 e. The number of hydrogen-bond donors (Lipinski definition) is 2. The number of rotatable bonds is 0. The average molecular weight is 350 g/mol. The highest BCUT2D eigenvalue weighted by Crippen LogP contribution is 2.42. The van der Waals surface area contributed by atoms with Crippen molar-refractivity contribution in [1.29, 1.82) is 0 Å². The number of aliphatic hydroxyl groups excluding tert-OH is 2. The minimum atomic E-state index is -0.764. The fourth-order valence-corrected chi connectivity index (χ4v) is 4.40. The third-order valence-electron chi connectivity index (χ3n) is 6.38. The van der Waals surface area contributed by atoms with Crippen molar-refractivity contribution >= 4 is 5.97 Å². The Hall–Kier alpha value is -1.17. The average Bonchev–Trinajstić information content (AvgIpc) is 3.10. The Morgan fingerprint density at radius 2 is 1.96 bits per heavy atom. The topological polar surface area (TPSA) is 76.0 Å². The smallest absolute Gasteiger partial charge is 0.334 e. The molecule has 3 saturated heterocycles. The predicted molar refractivity (Wildman–Crippen MR) is 93.8 cm³/mol. The molecule has 0 unspecified atom stereocenters. The van der Waals surface area contributed by atoms with Crippen LogP contribution >= 0.6 is 0 Å². The number of aliphatic hydroxyl groups is 2. The molecule has 3 rings (SSSR count). The van der Waals surface area contributed by atoms with Crippen LogP contribution in [0.4, 0.5) is 0 Å². The summed E-state index contributed by atoms with van der Waals surface area (Å²) in [5.74, 6) is -0.863. The van der Waals surface area contributed by atoms with Crippen LogP contribution in [0.25, 0.3) is 0 Å². The highest BCUT2D eigenvalue weighted by Gasteiger charge is 2.49. The highest BCUT2D eigenvalue weighted by molar-refractivity contribution is 5.90. The normalized spacial score (nSPS) is 46.0. The lowest BCUT2D eigenvalue weighted by atomic mass is 9.80. The highest BCUT2D eigenvalue weighted by atomic mass is 16.6. The van der Waals surface area contributed by atoms with Gasteiger partial charge in [0.15, 0.2) is 0 Å². The molecule has 3 aliphatic heterocycles. The van der Waals surface area contributed by atoms with E-state index in [2.05, 4.69) is 13.2 Å². The van der Waals surface area contributed by atoms with Crippen LogP contribution in [0.1, 0.15) is 52.4 Å². The number of carbonyl (C=O) groups excluding carboxylic acids is 1. The molecule has 2 bridgehead atoms. The van der Waals surface area contributed by atoms with E-state index >= 15 is 0 Å². The third-order valence-corrected chi connectivity index (χ3v) is 6.38. The number of fused-ring (bicyclic) bond motifs is 3. The van der Waals surface area contributed by atoms with Crippen molar-refractivity contribution in [2.24, 2.45) is 11.8 Å². The Kier molecular flexibility index (Phi) is 5.11. The van der Waals surface area contributed by atoms with Crippen LogP contribution in [0.15, 0.2) is 24.3 Å². The fraction of sp³-hybridized carbons (Fsp3) is 0.750. The van der Waals surface area contributed by atoms with Crippen molar-refractivity contribution in [2.45, 2.75) is 82.4 Å². The Morgan fingerprint density at radius 3 is 2.68 bits per heavy atom. The van der Waals surface area contributed by atoms with Crippen molar-refractivity contribution in [2.75, 3.05) is 0 Å². The first kappa shape index (κ1) is 18.6. The minimum Gasteiger partial charge on any atom is -0.456 e. The summed E-state index contributed by atoms with van der Waals surface area (Å²) in [4.78, 5) is 12.0. The van der Waals surface area contributed by atoms with E-state index in [0.29, 0.717) is 12.0 Å². The Bertz CT molecular complexity index is 570. The first-order valence-corrected chi connectivity index (χ1v) is 9.34. The molecule has 0 aromatic rings. The summed E-state index contributed by atoms with van der Waals surface area (Å²) in [6.07, 6.45) is 2.28. The molecule has 25 heavy (non-hydrogen) atoms. The molecule has 0 radical (unpaired) electrons. The molecule has 0 amide bonds. The van der Waals surface area contributed by atoms with Crippen LogP contribution in [0.2, 0.25) is 0 Å². The van der Waals surface area contributed by atoms with E-state index in [1.165, 1.54) is 0 Å². The summed E-state index contributed by atoms with van der Waals surface area (Å²) in [5.41, 5.74) is 0.731. The first-order valence-electron chi connectivity index (χ1n) is 9.34. The standard InChI is InChI=1S/C20H30O5/c1-11-6-5-7-12(2)17(22)18-14(13(3)19(23)24-18)10-16(21)20(4)9-8-15(11)25-20/h12,14-18,21-22H,1,3,5-10H2,2,4H3/t12-,14-,15+,16+,17+,18+,20-/m0/s1. The quantitative estimate of drug-likeness (QED) is 0.399. The molecule has 5 heteroatoms. The van der Waals surface area contributed by atoms with Gasteiger partial charge >= 0.3 is 5.97 Å². The second-order valence-electron chi connectivity index (χ2n) is 8.23. The van der Waals surface area contributed by atoms with E-state index in [4.69, 9.17) is 9.47 Å². The van der Waals surface area contributed by atoms with Crippen molar-refractivity contribution in [3.05, 3.63) is 24.3 Å². The second kappa shape index (κ2) is 6.86. The van der Waals surface area contributed by atoms with Crippen LogP contribution in [-0.4, -0.2) is 46.2 Å². The van der Waals surface area contributed by atoms with Gasteiger partial charge in [0.25, 0.3) is 0 Å². The van der Waals surface area contributed by atoms with Crippen molar-refractivity contribution < 1.29 is 24.5 Å². The molecular formula is C20H30O5. The maximum absolute atomic E-state index is 12.0. The van der Waals surface area contributed by atoms with Gasteiger partial charge in [-0.05, 0) is 56.9 Å². The lowest BCUT2D eigenvalue weighted by Crippen LogP contribution is -2.44. The number of carbonyl (C=O) groups is 1. The number of ether oxygens (including phenoxy) is 2. The van der Waals surface area contributed by atoms with E-state index in [1.807, 2.05) is 13.8 Å². The number of hydrogen-bond acceptors (Lipinski definition) is 5. The van der Waals surface area contributed by atoms with Gasteiger partial charge in [-0.3, -0.25) is 0 Å².